The number of aromatic nitrogens is 2. The zero-order valence-electron chi connectivity index (χ0n) is 13.3. The van der Waals surface area contributed by atoms with E-state index in [2.05, 4.69) is 27.1 Å². The molecule has 122 valence electrons. The van der Waals surface area contributed by atoms with Crippen molar-refractivity contribution < 1.29 is 14.3 Å². The Labute approximate surface area is 143 Å². The highest BCUT2D eigenvalue weighted by Gasteiger charge is 2.16. The Bertz CT molecular complexity index is 756. The molecule has 2 rings (SSSR count). The lowest BCUT2D eigenvalue weighted by Crippen LogP contribution is -2.23. The lowest BCUT2D eigenvalue weighted by molar-refractivity contribution is -0.155. The Morgan fingerprint density at radius 2 is 2.22 bits per heavy atom. The minimum atomic E-state index is -0.466. The number of carbonyl (C=O) groups excluding carboxylic acids is 1. The van der Waals surface area contributed by atoms with Crippen molar-refractivity contribution in [3.8, 4) is 11.8 Å². The molecule has 2 aromatic heterocycles. The van der Waals surface area contributed by atoms with Gasteiger partial charge in [0.1, 0.15) is 17.4 Å². The SMILES string of the molecule is CC(C)(C)OC(=O)CCCOc1cc(Br)c2c(C#N)cnn2c1. The molecule has 0 fully saturated rings. The van der Waals surface area contributed by atoms with Gasteiger partial charge in [-0.1, -0.05) is 0 Å². The van der Waals surface area contributed by atoms with Crippen LogP contribution < -0.4 is 4.74 Å². The van der Waals surface area contributed by atoms with Gasteiger partial charge in [-0.2, -0.15) is 10.4 Å². The molecular weight excluding hydrogens is 362 g/mol. The van der Waals surface area contributed by atoms with Gasteiger partial charge < -0.3 is 9.47 Å². The molecule has 0 aliphatic carbocycles. The van der Waals surface area contributed by atoms with Crippen molar-refractivity contribution in [2.45, 2.75) is 39.2 Å². The van der Waals surface area contributed by atoms with Gasteiger partial charge in [0.05, 0.1) is 30.1 Å². The highest BCUT2D eigenvalue weighted by atomic mass is 79.9. The van der Waals surface area contributed by atoms with E-state index in [1.807, 2.05) is 20.8 Å². The van der Waals surface area contributed by atoms with Crippen molar-refractivity contribution >= 4 is 27.4 Å². The molecule has 0 atom stereocenters. The number of carbonyl (C=O) groups is 1. The normalized spacial score (nSPS) is 11.3. The summed E-state index contributed by atoms with van der Waals surface area (Å²) < 4.78 is 13.2. The fourth-order valence-electron chi connectivity index (χ4n) is 2.01. The van der Waals surface area contributed by atoms with Crippen LogP contribution in [0.2, 0.25) is 0 Å². The van der Waals surface area contributed by atoms with E-state index >= 15 is 0 Å². The largest absolute Gasteiger partial charge is 0.492 e. The van der Waals surface area contributed by atoms with Crippen LogP contribution in [0.3, 0.4) is 0 Å². The molecule has 0 aliphatic heterocycles. The van der Waals surface area contributed by atoms with E-state index in [0.717, 1.165) is 4.47 Å². The Hall–Kier alpha value is -2.07. The maximum atomic E-state index is 11.6. The van der Waals surface area contributed by atoms with Gasteiger partial charge in [-0.25, -0.2) is 4.52 Å². The zero-order chi connectivity index (χ0) is 17.0. The number of rotatable bonds is 5. The van der Waals surface area contributed by atoms with E-state index in [4.69, 9.17) is 14.7 Å². The Morgan fingerprint density at radius 1 is 1.48 bits per heavy atom. The van der Waals surface area contributed by atoms with E-state index in [9.17, 15) is 4.79 Å². The first-order valence-corrected chi connectivity index (χ1v) is 8.01. The highest BCUT2D eigenvalue weighted by Crippen LogP contribution is 2.26. The number of fused-ring (bicyclic) bond motifs is 1. The third-order valence-electron chi connectivity index (χ3n) is 2.87. The first kappa shape index (κ1) is 17.3. The van der Waals surface area contributed by atoms with Gasteiger partial charge in [-0.3, -0.25) is 4.79 Å². The average molecular weight is 380 g/mol. The maximum absolute atomic E-state index is 11.6. The minimum Gasteiger partial charge on any atom is -0.492 e. The van der Waals surface area contributed by atoms with Crippen molar-refractivity contribution in [3.63, 3.8) is 0 Å². The molecule has 0 radical (unpaired) electrons. The topological polar surface area (TPSA) is 76.6 Å². The molecule has 6 nitrogen and oxygen atoms in total. The number of ether oxygens (including phenoxy) is 2. The second kappa shape index (κ2) is 7.01. The third kappa shape index (κ3) is 4.70. The summed E-state index contributed by atoms with van der Waals surface area (Å²) in [7, 11) is 0. The van der Waals surface area contributed by atoms with E-state index in [1.165, 1.54) is 6.20 Å². The summed E-state index contributed by atoms with van der Waals surface area (Å²) in [5.74, 6) is 0.379. The molecule has 0 aliphatic rings. The van der Waals surface area contributed by atoms with Gasteiger partial charge in [-0.15, -0.1) is 0 Å². The summed E-state index contributed by atoms with van der Waals surface area (Å²) in [6, 6.07) is 3.87. The second-order valence-corrected chi connectivity index (χ2v) is 6.88. The summed E-state index contributed by atoms with van der Waals surface area (Å²) in [4.78, 5) is 11.6. The quantitative estimate of drug-likeness (QED) is 0.587. The third-order valence-corrected chi connectivity index (χ3v) is 3.48. The van der Waals surface area contributed by atoms with Crippen LogP contribution in [-0.4, -0.2) is 27.8 Å². The van der Waals surface area contributed by atoms with Crippen LogP contribution in [0.1, 0.15) is 39.2 Å². The molecule has 0 spiro atoms. The smallest absolute Gasteiger partial charge is 0.306 e. The Balaban J connectivity index is 1.91. The van der Waals surface area contributed by atoms with Crippen LogP contribution in [-0.2, 0) is 9.53 Å². The van der Waals surface area contributed by atoms with E-state index in [-0.39, 0.29) is 5.97 Å². The van der Waals surface area contributed by atoms with Crippen LogP contribution in [0.4, 0.5) is 0 Å². The molecule has 0 aromatic carbocycles. The van der Waals surface area contributed by atoms with Gasteiger partial charge in [0.2, 0.25) is 0 Å². The first-order chi connectivity index (χ1) is 10.8. The fraction of sp³-hybridized carbons (Fsp3) is 0.438. The van der Waals surface area contributed by atoms with Gasteiger partial charge in [0.15, 0.2) is 0 Å². The van der Waals surface area contributed by atoms with Gasteiger partial charge in [0.25, 0.3) is 0 Å². The number of halogens is 1. The lowest BCUT2D eigenvalue weighted by atomic mass is 10.2. The Kier molecular flexibility index (Phi) is 5.26. The number of nitrogens with zero attached hydrogens (tertiary/aromatic N) is 3. The number of esters is 1. The number of hydrogen-bond acceptors (Lipinski definition) is 5. The fourth-order valence-corrected chi connectivity index (χ4v) is 2.63. The predicted molar refractivity (Wildman–Crippen MR) is 88.2 cm³/mol. The highest BCUT2D eigenvalue weighted by molar-refractivity contribution is 9.10. The second-order valence-electron chi connectivity index (χ2n) is 6.03. The van der Waals surface area contributed by atoms with E-state index in [1.54, 1.807) is 16.8 Å². The number of hydrogen-bond donors (Lipinski definition) is 0. The summed E-state index contributed by atoms with van der Waals surface area (Å²) in [5.41, 5.74) is 0.730. The van der Waals surface area contributed by atoms with E-state index in [0.29, 0.717) is 36.3 Å². The average Bonchev–Trinajstić information content (AvgIpc) is 2.85. The van der Waals surface area contributed by atoms with Crippen LogP contribution in [0.25, 0.3) is 5.52 Å². The van der Waals surface area contributed by atoms with Crippen molar-refractivity contribution in [2.24, 2.45) is 0 Å². The molecular formula is C16H18BrN3O3. The summed E-state index contributed by atoms with van der Waals surface area (Å²) >= 11 is 3.42. The van der Waals surface area contributed by atoms with Crippen molar-refractivity contribution in [1.82, 2.24) is 9.61 Å². The molecule has 2 heterocycles. The van der Waals surface area contributed by atoms with Crippen LogP contribution in [0.15, 0.2) is 22.9 Å². The predicted octanol–water partition coefficient (Wildman–Crippen LogP) is 3.47. The lowest BCUT2D eigenvalue weighted by Gasteiger charge is -2.19. The maximum Gasteiger partial charge on any atom is 0.306 e. The Morgan fingerprint density at radius 3 is 2.87 bits per heavy atom. The first-order valence-electron chi connectivity index (χ1n) is 7.22. The molecule has 2 aromatic rings. The standard InChI is InChI=1S/C16H18BrN3O3/c1-16(2,3)23-14(21)5-4-6-22-12-7-13(17)15-11(8-18)9-19-20(15)10-12/h7,9-10H,4-6H2,1-3H3. The minimum absolute atomic E-state index is 0.233. The molecule has 23 heavy (non-hydrogen) atoms. The van der Waals surface area contributed by atoms with Crippen LogP contribution in [0, 0.1) is 11.3 Å². The zero-order valence-corrected chi connectivity index (χ0v) is 14.9. The van der Waals surface area contributed by atoms with Gasteiger partial charge >= 0.3 is 5.97 Å². The molecule has 0 bridgehead atoms. The molecule has 7 heteroatoms. The van der Waals surface area contributed by atoms with Crippen molar-refractivity contribution in [1.29, 1.82) is 5.26 Å². The van der Waals surface area contributed by atoms with Crippen LogP contribution >= 0.6 is 15.9 Å². The monoisotopic (exact) mass is 379 g/mol. The summed E-state index contributed by atoms with van der Waals surface area (Å²) in [6.45, 7) is 5.92. The molecule has 0 saturated carbocycles. The van der Waals surface area contributed by atoms with Crippen molar-refractivity contribution in [3.05, 3.63) is 28.5 Å². The summed E-state index contributed by atoms with van der Waals surface area (Å²) in [5, 5.41) is 13.1. The van der Waals surface area contributed by atoms with Crippen LogP contribution in [0.5, 0.6) is 5.75 Å². The van der Waals surface area contributed by atoms with Crippen molar-refractivity contribution in [2.75, 3.05) is 6.61 Å². The van der Waals surface area contributed by atoms with E-state index < -0.39 is 5.60 Å². The van der Waals surface area contributed by atoms with Gasteiger partial charge in [0, 0.05) is 10.9 Å². The molecule has 0 saturated heterocycles. The number of pyridine rings is 1. The number of nitriles is 1. The molecule has 0 N–H and O–H groups in total. The van der Waals surface area contributed by atoms with Gasteiger partial charge in [-0.05, 0) is 49.2 Å². The summed E-state index contributed by atoms with van der Waals surface area (Å²) in [6.07, 6.45) is 4.08. The molecule has 0 amide bonds. The molecule has 0 unspecified atom stereocenters.